The minimum absolute atomic E-state index is 0.111. The molecule has 1 aromatic carbocycles. The highest BCUT2D eigenvalue weighted by molar-refractivity contribution is 5.81. The van der Waals surface area contributed by atoms with Crippen molar-refractivity contribution >= 4 is 16.7 Å². The Morgan fingerprint density at radius 2 is 1.57 bits per heavy atom. The molecular weight excluding hydrogens is 294 g/mol. The fourth-order valence-electron chi connectivity index (χ4n) is 3.09. The first-order chi connectivity index (χ1) is 11.2. The van der Waals surface area contributed by atoms with Crippen LogP contribution < -0.4 is 11.1 Å². The molecule has 0 aliphatic carbocycles. The third-order valence-corrected chi connectivity index (χ3v) is 4.39. The molecule has 2 heterocycles. The molecule has 23 heavy (non-hydrogen) atoms. The van der Waals surface area contributed by atoms with Crippen molar-refractivity contribution in [3.8, 4) is 0 Å². The second kappa shape index (κ2) is 6.81. The summed E-state index contributed by atoms with van der Waals surface area (Å²) in [6.07, 6.45) is 5.48. The van der Waals surface area contributed by atoms with Crippen molar-refractivity contribution in [2.75, 3.05) is 13.1 Å². The van der Waals surface area contributed by atoms with E-state index in [9.17, 15) is 14.4 Å². The highest BCUT2D eigenvalue weighted by Crippen LogP contribution is 2.11. The van der Waals surface area contributed by atoms with Crippen LogP contribution in [0.5, 0.6) is 0 Å². The first-order valence-electron chi connectivity index (χ1n) is 8.16. The van der Waals surface area contributed by atoms with Gasteiger partial charge in [0.1, 0.15) is 6.54 Å². The summed E-state index contributed by atoms with van der Waals surface area (Å²) in [4.78, 5) is 38.8. The second-order valence-corrected chi connectivity index (χ2v) is 6.03. The average molecular weight is 315 g/mol. The number of nitrogens with one attached hydrogen (secondary N) is 1. The van der Waals surface area contributed by atoms with Crippen LogP contribution in [0.4, 0.5) is 0 Å². The molecule has 122 valence electrons. The highest BCUT2D eigenvalue weighted by atomic mass is 16.2. The van der Waals surface area contributed by atoms with Gasteiger partial charge in [0, 0.05) is 13.1 Å². The van der Waals surface area contributed by atoms with Gasteiger partial charge in [-0.15, -0.1) is 0 Å². The molecule has 1 saturated heterocycles. The molecule has 3 rings (SSSR count). The van der Waals surface area contributed by atoms with E-state index in [1.807, 2.05) is 0 Å². The average Bonchev–Trinajstić information content (AvgIpc) is 2.52. The van der Waals surface area contributed by atoms with E-state index >= 15 is 0 Å². The van der Waals surface area contributed by atoms with E-state index in [0.29, 0.717) is 10.8 Å². The molecule has 6 heteroatoms. The molecule has 1 aliphatic heterocycles. The molecular formula is C17H21N3O3. The number of carbonyl (C=O) groups is 1. The summed E-state index contributed by atoms with van der Waals surface area (Å²) in [5.74, 6) is -0.111. The maximum absolute atomic E-state index is 12.5. The van der Waals surface area contributed by atoms with E-state index in [0.717, 1.165) is 43.5 Å². The van der Waals surface area contributed by atoms with Crippen molar-refractivity contribution in [2.24, 2.45) is 0 Å². The van der Waals surface area contributed by atoms with Gasteiger partial charge in [-0.25, -0.2) is 4.68 Å². The number of fused-ring (bicyclic) bond motifs is 1. The number of aromatic amines is 1. The third kappa shape index (κ3) is 3.36. The topological polar surface area (TPSA) is 75.2 Å². The molecule has 0 spiro atoms. The van der Waals surface area contributed by atoms with Gasteiger partial charge in [0.2, 0.25) is 5.91 Å². The first-order valence-corrected chi connectivity index (χ1v) is 8.16. The van der Waals surface area contributed by atoms with Gasteiger partial charge in [0.15, 0.2) is 0 Å². The molecule has 1 aromatic heterocycles. The molecule has 1 N–H and O–H groups in total. The second-order valence-electron chi connectivity index (χ2n) is 6.03. The van der Waals surface area contributed by atoms with Gasteiger partial charge < -0.3 is 4.90 Å². The van der Waals surface area contributed by atoms with Crippen molar-refractivity contribution in [3.05, 3.63) is 45.0 Å². The molecule has 1 fully saturated rings. The fourth-order valence-corrected chi connectivity index (χ4v) is 3.09. The minimum Gasteiger partial charge on any atom is -0.341 e. The SMILES string of the molecule is O=C(Cn1[nH]c(=O)c2ccccc2c1=O)N1CCCCCCC1. The van der Waals surface area contributed by atoms with Crippen molar-refractivity contribution in [1.29, 1.82) is 0 Å². The minimum atomic E-state index is -0.347. The number of hydrogen-bond acceptors (Lipinski definition) is 3. The normalized spacial score (nSPS) is 16.1. The van der Waals surface area contributed by atoms with E-state index in [2.05, 4.69) is 5.10 Å². The molecule has 6 nitrogen and oxygen atoms in total. The van der Waals surface area contributed by atoms with Crippen molar-refractivity contribution in [2.45, 2.75) is 38.6 Å². The van der Waals surface area contributed by atoms with Gasteiger partial charge in [0.25, 0.3) is 11.1 Å². The Bertz CT molecular complexity index is 814. The molecule has 2 aromatic rings. The molecule has 1 aliphatic rings. The summed E-state index contributed by atoms with van der Waals surface area (Å²) in [5, 5.41) is 3.22. The monoisotopic (exact) mass is 315 g/mol. The predicted molar refractivity (Wildman–Crippen MR) is 88.5 cm³/mol. The molecule has 0 unspecified atom stereocenters. The standard InChI is InChI=1S/C17H21N3O3/c21-15(19-10-6-2-1-3-7-11-19)12-20-17(23)14-9-5-4-8-13(14)16(22)18-20/h4-5,8-9H,1-3,6-7,10-12H2,(H,18,22). The highest BCUT2D eigenvalue weighted by Gasteiger charge is 2.17. The summed E-state index contributed by atoms with van der Waals surface area (Å²) < 4.78 is 1.13. The lowest BCUT2D eigenvalue weighted by atomic mass is 10.1. The maximum atomic E-state index is 12.5. The number of amides is 1. The lowest BCUT2D eigenvalue weighted by molar-refractivity contribution is -0.132. The lowest BCUT2D eigenvalue weighted by Crippen LogP contribution is -2.40. The van der Waals surface area contributed by atoms with Crippen LogP contribution in [0, 0.1) is 0 Å². The lowest BCUT2D eigenvalue weighted by Gasteiger charge is -2.25. The zero-order valence-electron chi connectivity index (χ0n) is 13.1. The Morgan fingerprint density at radius 3 is 2.26 bits per heavy atom. The Balaban J connectivity index is 1.86. The number of aromatic nitrogens is 2. The van der Waals surface area contributed by atoms with Crippen molar-refractivity contribution in [1.82, 2.24) is 14.7 Å². The number of carbonyl (C=O) groups excluding carboxylic acids is 1. The van der Waals surface area contributed by atoms with Gasteiger partial charge >= 0.3 is 0 Å². The summed E-state index contributed by atoms with van der Waals surface area (Å²) >= 11 is 0. The van der Waals surface area contributed by atoms with Gasteiger partial charge in [-0.05, 0) is 25.0 Å². The first kappa shape index (κ1) is 15.5. The Kier molecular flexibility index (Phi) is 4.60. The molecule has 0 bridgehead atoms. The molecule has 0 saturated carbocycles. The number of benzene rings is 1. The summed E-state index contributed by atoms with van der Waals surface area (Å²) in [7, 11) is 0. The van der Waals surface area contributed by atoms with Gasteiger partial charge in [-0.1, -0.05) is 31.4 Å². The van der Waals surface area contributed by atoms with Crippen molar-refractivity contribution in [3.63, 3.8) is 0 Å². The summed E-state index contributed by atoms with van der Waals surface area (Å²) in [6.45, 7) is 1.34. The van der Waals surface area contributed by atoms with Crippen LogP contribution in [-0.2, 0) is 11.3 Å². The van der Waals surface area contributed by atoms with E-state index in [-0.39, 0.29) is 23.6 Å². The van der Waals surface area contributed by atoms with E-state index in [1.165, 1.54) is 6.42 Å². The molecule has 0 radical (unpaired) electrons. The zero-order valence-corrected chi connectivity index (χ0v) is 13.1. The number of likely N-dealkylation sites (tertiary alicyclic amines) is 1. The Morgan fingerprint density at radius 1 is 0.957 bits per heavy atom. The Labute approximate surface area is 133 Å². The van der Waals surface area contributed by atoms with E-state index in [1.54, 1.807) is 29.2 Å². The quantitative estimate of drug-likeness (QED) is 0.912. The van der Waals surface area contributed by atoms with Crippen LogP contribution in [0.3, 0.4) is 0 Å². The van der Waals surface area contributed by atoms with Gasteiger partial charge in [-0.3, -0.25) is 19.5 Å². The third-order valence-electron chi connectivity index (χ3n) is 4.39. The Hall–Kier alpha value is -2.37. The van der Waals surface area contributed by atoms with Crippen LogP contribution >= 0.6 is 0 Å². The van der Waals surface area contributed by atoms with Crippen LogP contribution in [0.1, 0.15) is 32.1 Å². The number of hydrogen-bond donors (Lipinski definition) is 1. The largest absolute Gasteiger partial charge is 0.341 e. The molecule has 1 amide bonds. The van der Waals surface area contributed by atoms with E-state index in [4.69, 9.17) is 0 Å². The fraction of sp³-hybridized carbons (Fsp3) is 0.471. The van der Waals surface area contributed by atoms with Crippen LogP contribution in [0.15, 0.2) is 33.9 Å². The van der Waals surface area contributed by atoms with Crippen molar-refractivity contribution < 1.29 is 4.79 Å². The van der Waals surface area contributed by atoms with E-state index < -0.39 is 0 Å². The zero-order chi connectivity index (χ0) is 16.2. The number of rotatable bonds is 2. The predicted octanol–water partition coefficient (Wildman–Crippen LogP) is 1.48. The van der Waals surface area contributed by atoms with Gasteiger partial charge in [-0.2, -0.15) is 0 Å². The van der Waals surface area contributed by atoms with Crippen LogP contribution in [0.25, 0.3) is 10.8 Å². The van der Waals surface area contributed by atoms with Gasteiger partial charge in [0.05, 0.1) is 10.8 Å². The summed E-state index contributed by atoms with van der Waals surface area (Å²) in [6, 6.07) is 6.66. The van der Waals surface area contributed by atoms with Crippen LogP contribution in [0.2, 0.25) is 0 Å². The maximum Gasteiger partial charge on any atom is 0.273 e. The molecule has 0 atom stereocenters. The van der Waals surface area contributed by atoms with Crippen LogP contribution in [-0.4, -0.2) is 33.7 Å². The number of nitrogens with zero attached hydrogens (tertiary/aromatic N) is 2. The number of H-pyrrole nitrogens is 1. The summed E-state index contributed by atoms with van der Waals surface area (Å²) in [5.41, 5.74) is -0.679. The smallest absolute Gasteiger partial charge is 0.273 e.